The van der Waals surface area contributed by atoms with E-state index in [-0.39, 0.29) is 26.4 Å². The third kappa shape index (κ3) is 28.0. The van der Waals surface area contributed by atoms with Gasteiger partial charge in [0, 0.05) is 0 Å². The normalized spacial score (nSPS) is 11.6. The molecule has 0 rings (SSSR count). The largest absolute Gasteiger partial charge is 0.394 e. The van der Waals surface area contributed by atoms with Gasteiger partial charge in [-0.2, -0.15) is 0 Å². The zero-order valence-electron chi connectivity index (χ0n) is 23.0. The highest BCUT2D eigenvalue weighted by atomic mass is 16.9. The summed E-state index contributed by atoms with van der Waals surface area (Å²) < 4.78 is 0. The quantitative estimate of drug-likeness (QED) is 0.0791. The zero-order chi connectivity index (χ0) is 24.8. The van der Waals surface area contributed by atoms with Crippen LogP contribution in [0.1, 0.15) is 155 Å². The van der Waals surface area contributed by atoms with Gasteiger partial charge in [0.15, 0.2) is 0 Å². The number of aliphatic hydroxyl groups is 2. The standard InChI is InChI=1S/C29H61NO4/c1-2-3-4-5-6-7-8-9-10-11-12-13-14-15-16-17-18-19-20-21-22-23-24-25-30(33-28-26-31)34-29-27-32/h31-32H,2-29H2,1H3. The summed E-state index contributed by atoms with van der Waals surface area (Å²) in [6.07, 6.45) is 32.0. The Kier molecular flexibility index (Phi) is 30.6. The van der Waals surface area contributed by atoms with Crippen LogP contribution in [0.15, 0.2) is 0 Å². The van der Waals surface area contributed by atoms with Gasteiger partial charge in [-0.15, -0.1) is 0 Å². The van der Waals surface area contributed by atoms with Gasteiger partial charge < -0.3 is 10.2 Å². The van der Waals surface area contributed by atoms with Crippen molar-refractivity contribution in [3.63, 3.8) is 0 Å². The monoisotopic (exact) mass is 487 g/mol. The maximum Gasteiger partial charge on any atom is 0.0942 e. The predicted molar refractivity (Wildman–Crippen MR) is 145 cm³/mol. The van der Waals surface area contributed by atoms with Crippen LogP contribution in [0.2, 0.25) is 0 Å². The Labute approximate surface area is 212 Å². The van der Waals surface area contributed by atoms with Gasteiger partial charge in [-0.1, -0.05) is 153 Å². The second-order valence-electron chi connectivity index (χ2n) is 9.95. The molecule has 0 aromatic carbocycles. The van der Waals surface area contributed by atoms with Crippen molar-refractivity contribution in [3.05, 3.63) is 0 Å². The number of nitrogens with zero attached hydrogens (tertiary/aromatic N) is 1. The minimum Gasteiger partial charge on any atom is -0.394 e. The van der Waals surface area contributed by atoms with E-state index in [4.69, 9.17) is 19.9 Å². The average molecular weight is 488 g/mol. The Bertz CT molecular complexity index is 349. The van der Waals surface area contributed by atoms with E-state index in [9.17, 15) is 0 Å². The Hall–Kier alpha value is -0.200. The molecule has 34 heavy (non-hydrogen) atoms. The highest BCUT2D eigenvalue weighted by Gasteiger charge is 2.05. The fourth-order valence-electron chi connectivity index (χ4n) is 4.48. The zero-order valence-corrected chi connectivity index (χ0v) is 23.0. The molecule has 0 radical (unpaired) electrons. The van der Waals surface area contributed by atoms with E-state index in [1.54, 1.807) is 0 Å². The lowest BCUT2D eigenvalue weighted by Crippen LogP contribution is -2.28. The molecular formula is C29H61NO4. The van der Waals surface area contributed by atoms with Gasteiger partial charge in [-0.25, -0.2) is 0 Å². The smallest absolute Gasteiger partial charge is 0.0942 e. The van der Waals surface area contributed by atoms with Crippen LogP contribution in [0.4, 0.5) is 0 Å². The molecule has 0 atom stereocenters. The molecule has 0 aromatic heterocycles. The van der Waals surface area contributed by atoms with Gasteiger partial charge >= 0.3 is 0 Å². The van der Waals surface area contributed by atoms with Gasteiger partial charge in [0.1, 0.15) is 0 Å². The summed E-state index contributed by atoms with van der Waals surface area (Å²) in [5.74, 6) is 0. The molecule has 0 saturated heterocycles. The van der Waals surface area contributed by atoms with Crippen molar-refractivity contribution in [1.29, 1.82) is 0 Å². The van der Waals surface area contributed by atoms with Crippen molar-refractivity contribution in [2.45, 2.75) is 155 Å². The summed E-state index contributed by atoms with van der Waals surface area (Å²) in [7, 11) is 0. The number of hydrogen-bond acceptors (Lipinski definition) is 5. The van der Waals surface area contributed by atoms with Crippen LogP contribution in [0, 0.1) is 0 Å². The summed E-state index contributed by atoms with van der Waals surface area (Å²) >= 11 is 0. The van der Waals surface area contributed by atoms with E-state index in [2.05, 4.69) is 6.92 Å². The van der Waals surface area contributed by atoms with E-state index >= 15 is 0 Å². The van der Waals surface area contributed by atoms with E-state index in [1.807, 2.05) is 0 Å². The predicted octanol–water partition coefficient (Wildman–Crippen LogP) is 8.13. The molecule has 0 aliphatic rings. The average Bonchev–Trinajstić information content (AvgIpc) is 2.85. The molecule has 0 aliphatic heterocycles. The fourth-order valence-corrected chi connectivity index (χ4v) is 4.48. The van der Waals surface area contributed by atoms with Gasteiger partial charge in [0.2, 0.25) is 0 Å². The molecule has 0 fully saturated rings. The molecule has 5 nitrogen and oxygen atoms in total. The van der Waals surface area contributed by atoms with Crippen LogP contribution >= 0.6 is 0 Å². The number of rotatable bonds is 30. The molecular weight excluding hydrogens is 426 g/mol. The molecule has 0 heterocycles. The lowest BCUT2D eigenvalue weighted by atomic mass is 10.0. The van der Waals surface area contributed by atoms with Gasteiger partial charge in [0.05, 0.1) is 33.0 Å². The van der Waals surface area contributed by atoms with Crippen LogP contribution < -0.4 is 0 Å². The van der Waals surface area contributed by atoms with Gasteiger partial charge in [-0.3, -0.25) is 9.68 Å². The number of aliphatic hydroxyl groups excluding tert-OH is 2. The third-order valence-corrected chi connectivity index (χ3v) is 6.60. The number of unbranched alkanes of at least 4 members (excludes halogenated alkanes) is 22. The van der Waals surface area contributed by atoms with Crippen molar-refractivity contribution in [3.8, 4) is 0 Å². The highest BCUT2D eigenvalue weighted by Crippen LogP contribution is 2.15. The summed E-state index contributed by atoms with van der Waals surface area (Å²) in [5, 5.41) is 19.1. The van der Waals surface area contributed by atoms with Crippen LogP contribution in [-0.4, -0.2) is 48.4 Å². The molecule has 0 aliphatic carbocycles. The molecule has 5 heteroatoms. The summed E-state index contributed by atoms with van der Waals surface area (Å²) in [5.41, 5.74) is 0. The molecule has 0 bridgehead atoms. The van der Waals surface area contributed by atoms with Gasteiger partial charge in [-0.05, 0) is 6.42 Å². The molecule has 0 aromatic rings. The second-order valence-corrected chi connectivity index (χ2v) is 9.95. The maximum absolute atomic E-state index is 8.84. The maximum atomic E-state index is 8.84. The third-order valence-electron chi connectivity index (χ3n) is 6.60. The van der Waals surface area contributed by atoms with Crippen molar-refractivity contribution in [1.82, 2.24) is 5.23 Å². The van der Waals surface area contributed by atoms with Gasteiger partial charge in [0.25, 0.3) is 0 Å². The molecule has 0 saturated carbocycles. The Morgan fingerprint density at radius 1 is 0.412 bits per heavy atom. The van der Waals surface area contributed by atoms with E-state index in [1.165, 1.54) is 146 Å². The van der Waals surface area contributed by atoms with Crippen LogP contribution in [0.25, 0.3) is 0 Å². The van der Waals surface area contributed by atoms with E-state index < -0.39 is 0 Å². The number of hydrogen-bond donors (Lipinski definition) is 2. The number of hydroxylamine groups is 2. The van der Waals surface area contributed by atoms with Crippen LogP contribution in [0.3, 0.4) is 0 Å². The molecule has 2 N–H and O–H groups in total. The second kappa shape index (κ2) is 30.8. The topological polar surface area (TPSA) is 62.2 Å². The molecule has 0 spiro atoms. The summed E-state index contributed by atoms with van der Waals surface area (Å²) in [4.78, 5) is 10.6. The molecule has 206 valence electrons. The lowest BCUT2D eigenvalue weighted by molar-refractivity contribution is -0.371. The Morgan fingerprint density at radius 3 is 0.941 bits per heavy atom. The first kappa shape index (κ1) is 33.8. The van der Waals surface area contributed by atoms with Crippen LogP contribution in [-0.2, 0) is 9.68 Å². The highest BCUT2D eigenvalue weighted by molar-refractivity contribution is 4.51. The van der Waals surface area contributed by atoms with Crippen molar-refractivity contribution in [2.24, 2.45) is 0 Å². The molecule has 0 unspecified atom stereocenters. The van der Waals surface area contributed by atoms with Crippen LogP contribution in [0.5, 0.6) is 0 Å². The fraction of sp³-hybridized carbons (Fsp3) is 1.00. The van der Waals surface area contributed by atoms with Crippen molar-refractivity contribution >= 4 is 0 Å². The first-order chi connectivity index (χ1) is 16.8. The van der Waals surface area contributed by atoms with Crippen molar-refractivity contribution < 1.29 is 19.9 Å². The minimum atomic E-state index is -0.0294. The Morgan fingerprint density at radius 2 is 0.676 bits per heavy atom. The minimum absolute atomic E-state index is 0.0294. The lowest BCUT2D eigenvalue weighted by Gasteiger charge is -2.20. The molecule has 0 amide bonds. The van der Waals surface area contributed by atoms with Crippen molar-refractivity contribution in [2.75, 3.05) is 33.0 Å². The first-order valence-electron chi connectivity index (χ1n) is 15.1. The summed E-state index contributed by atoms with van der Waals surface area (Å²) in [6, 6.07) is 0. The summed E-state index contributed by atoms with van der Waals surface area (Å²) in [6.45, 7) is 3.37. The van der Waals surface area contributed by atoms with E-state index in [0.29, 0.717) is 6.54 Å². The Balaban J connectivity index is 3.18. The first-order valence-corrected chi connectivity index (χ1v) is 15.1. The SMILES string of the molecule is CCCCCCCCCCCCCCCCCCCCCCCCCN(OCCO)OCCO. The van der Waals surface area contributed by atoms with E-state index in [0.717, 1.165) is 6.42 Å².